The highest BCUT2D eigenvalue weighted by atomic mass is 35.5. The Kier molecular flexibility index (Phi) is 5.07. The van der Waals surface area contributed by atoms with Gasteiger partial charge in [0.25, 0.3) is 0 Å². The maximum absolute atomic E-state index is 5.93. The molecule has 0 amide bonds. The predicted octanol–water partition coefficient (Wildman–Crippen LogP) is 6.33. The average Bonchev–Trinajstić information content (AvgIpc) is 2.98. The van der Waals surface area contributed by atoms with E-state index >= 15 is 0 Å². The minimum absolute atomic E-state index is 0.729. The largest absolute Gasteiger partial charge is 0.264 e. The van der Waals surface area contributed by atoms with Gasteiger partial charge in [-0.15, -0.1) is 0 Å². The number of aliphatic imine (C=N–C) groups is 1. The molecule has 0 unspecified atom stereocenters. The molecule has 0 saturated heterocycles. The van der Waals surface area contributed by atoms with Crippen LogP contribution in [0.3, 0.4) is 0 Å². The highest BCUT2D eigenvalue weighted by Crippen LogP contribution is 2.38. The molecule has 1 aliphatic heterocycles. The zero-order valence-corrected chi connectivity index (χ0v) is 14.1. The summed E-state index contributed by atoms with van der Waals surface area (Å²) < 4.78 is 0. The fourth-order valence-corrected chi connectivity index (χ4v) is 4.32. The van der Waals surface area contributed by atoms with Crippen molar-refractivity contribution < 1.29 is 0 Å². The van der Waals surface area contributed by atoms with Crippen LogP contribution in [0.5, 0.6) is 0 Å². The summed E-state index contributed by atoms with van der Waals surface area (Å²) in [6.45, 7) is 2.32. The summed E-state index contributed by atoms with van der Waals surface area (Å²) in [6, 6.07) is 8.07. The summed E-state index contributed by atoms with van der Waals surface area (Å²) in [5.41, 5.74) is 1.42. The van der Waals surface area contributed by atoms with E-state index in [-0.39, 0.29) is 0 Å². The van der Waals surface area contributed by atoms with Crippen molar-refractivity contribution >= 4 is 29.1 Å². The second-order valence-corrected chi connectivity index (χ2v) is 7.71. The third kappa shape index (κ3) is 3.92. The first-order chi connectivity index (χ1) is 10.2. The summed E-state index contributed by atoms with van der Waals surface area (Å²) in [6.07, 6.45) is 9.91. The minimum atomic E-state index is 0.729. The van der Waals surface area contributed by atoms with Gasteiger partial charge in [0.05, 0.1) is 0 Å². The SMILES string of the molecule is CCC1CCC(C2=NC=C(Sc3ccc(Cl)cc3)C2)CC1. The highest BCUT2D eigenvalue weighted by Gasteiger charge is 2.26. The molecule has 1 heterocycles. The molecule has 1 fully saturated rings. The van der Waals surface area contributed by atoms with Gasteiger partial charge in [-0.1, -0.05) is 36.7 Å². The maximum Gasteiger partial charge on any atom is 0.0406 e. The lowest BCUT2D eigenvalue weighted by molar-refractivity contribution is 0.314. The van der Waals surface area contributed by atoms with E-state index in [0.29, 0.717) is 0 Å². The molecule has 1 aromatic rings. The van der Waals surface area contributed by atoms with Crippen molar-refractivity contribution in [1.82, 2.24) is 0 Å². The van der Waals surface area contributed by atoms with Crippen LogP contribution in [-0.4, -0.2) is 5.71 Å². The molecule has 1 aromatic carbocycles. The molecule has 0 bridgehead atoms. The van der Waals surface area contributed by atoms with E-state index in [1.165, 1.54) is 47.6 Å². The lowest BCUT2D eigenvalue weighted by Crippen LogP contribution is -2.20. The number of thioether (sulfide) groups is 1. The molecule has 3 rings (SSSR count). The third-order valence-electron chi connectivity index (χ3n) is 4.69. The van der Waals surface area contributed by atoms with Crippen LogP contribution in [-0.2, 0) is 0 Å². The van der Waals surface area contributed by atoms with E-state index in [0.717, 1.165) is 23.3 Å². The minimum Gasteiger partial charge on any atom is -0.264 e. The molecular weight excluding hydrogens is 298 g/mol. The molecule has 112 valence electrons. The molecular formula is C18H22ClNS. The molecule has 21 heavy (non-hydrogen) atoms. The van der Waals surface area contributed by atoms with Gasteiger partial charge in [-0.2, -0.15) is 0 Å². The number of nitrogens with zero attached hydrogens (tertiary/aromatic N) is 1. The van der Waals surface area contributed by atoms with Gasteiger partial charge in [-0.3, -0.25) is 4.99 Å². The number of hydrogen-bond donors (Lipinski definition) is 0. The van der Waals surface area contributed by atoms with Gasteiger partial charge in [0, 0.05) is 33.2 Å². The summed E-state index contributed by atoms with van der Waals surface area (Å²) in [7, 11) is 0. The molecule has 2 aliphatic rings. The van der Waals surface area contributed by atoms with E-state index < -0.39 is 0 Å². The molecule has 0 aromatic heterocycles. The van der Waals surface area contributed by atoms with Crippen LogP contribution in [0.15, 0.2) is 45.3 Å². The van der Waals surface area contributed by atoms with E-state index in [2.05, 4.69) is 25.3 Å². The van der Waals surface area contributed by atoms with Gasteiger partial charge >= 0.3 is 0 Å². The topological polar surface area (TPSA) is 12.4 Å². The van der Waals surface area contributed by atoms with Crippen molar-refractivity contribution in [2.24, 2.45) is 16.8 Å². The first-order valence-electron chi connectivity index (χ1n) is 7.93. The van der Waals surface area contributed by atoms with E-state index in [9.17, 15) is 0 Å². The van der Waals surface area contributed by atoms with Gasteiger partial charge in [-0.05, 0) is 61.8 Å². The quantitative estimate of drug-likeness (QED) is 0.631. The fraction of sp³-hybridized carbons (Fsp3) is 0.500. The van der Waals surface area contributed by atoms with Crippen molar-refractivity contribution in [3.63, 3.8) is 0 Å². The summed E-state index contributed by atoms with van der Waals surface area (Å²) in [5, 5.41) is 0.796. The normalized spacial score (nSPS) is 25.6. The number of halogens is 1. The second kappa shape index (κ2) is 7.02. The first kappa shape index (κ1) is 15.2. The molecule has 0 radical (unpaired) electrons. The molecule has 0 N–H and O–H groups in total. The summed E-state index contributed by atoms with van der Waals surface area (Å²) in [4.78, 5) is 7.33. The summed E-state index contributed by atoms with van der Waals surface area (Å²) >= 11 is 7.75. The molecule has 1 saturated carbocycles. The van der Waals surface area contributed by atoms with Gasteiger partial charge in [0.15, 0.2) is 0 Å². The fourth-order valence-electron chi connectivity index (χ4n) is 3.29. The Bertz CT molecular complexity index is 539. The van der Waals surface area contributed by atoms with Gasteiger partial charge in [0.1, 0.15) is 0 Å². The predicted molar refractivity (Wildman–Crippen MR) is 93.2 cm³/mol. The Balaban J connectivity index is 1.51. The number of rotatable bonds is 4. The Morgan fingerprint density at radius 2 is 1.86 bits per heavy atom. The maximum atomic E-state index is 5.93. The average molecular weight is 320 g/mol. The Morgan fingerprint density at radius 1 is 1.14 bits per heavy atom. The van der Waals surface area contributed by atoms with Crippen LogP contribution in [0.1, 0.15) is 45.4 Å². The van der Waals surface area contributed by atoms with Crippen LogP contribution in [0.2, 0.25) is 5.02 Å². The summed E-state index contributed by atoms with van der Waals surface area (Å²) in [5.74, 6) is 1.69. The standard InChI is InChI=1S/C18H22ClNS/c1-2-13-3-5-14(6-4-13)18-11-17(12-20-18)21-16-9-7-15(19)8-10-16/h7-10,12-14H,2-6,11H2,1H3. The van der Waals surface area contributed by atoms with Crippen molar-refractivity contribution in [1.29, 1.82) is 0 Å². The van der Waals surface area contributed by atoms with Crippen LogP contribution >= 0.6 is 23.4 Å². The van der Waals surface area contributed by atoms with Crippen molar-refractivity contribution in [3.8, 4) is 0 Å². The lowest BCUT2D eigenvalue weighted by atomic mass is 9.78. The number of allylic oxidation sites excluding steroid dienone is 1. The van der Waals surface area contributed by atoms with Gasteiger partial charge in [-0.25, -0.2) is 0 Å². The third-order valence-corrected chi connectivity index (χ3v) is 5.96. The molecule has 1 aliphatic carbocycles. The second-order valence-electron chi connectivity index (χ2n) is 6.07. The van der Waals surface area contributed by atoms with E-state index in [1.54, 1.807) is 0 Å². The van der Waals surface area contributed by atoms with Crippen LogP contribution in [0, 0.1) is 11.8 Å². The van der Waals surface area contributed by atoms with E-state index in [1.807, 2.05) is 23.9 Å². The zero-order valence-electron chi connectivity index (χ0n) is 12.5. The van der Waals surface area contributed by atoms with Gasteiger partial charge in [0.2, 0.25) is 0 Å². The van der Waals surface area contributed by atoms with Crippen molar-refractivity contribution in [2.45, 2.75) is 50.3 Å². The Labute approximate surface area is 136 Å². The van der Waals surface area contributed by atoms with Crippen molar-refractivity contribution in [2.75, 3.05) is 0 Å². The van der Waals surface area contributed by atoms with Crippen LogP contribution in [0.4, 0.5) is 0 Å². The number of benzene rings is 1. The monoisotopic (exact) mass is 319 g/mol. The molecule has 1 nitrogen and oxygen atoms in total. The Morgan fingerprint density at radius 3 is 2.52 bits per heavy atom. The Hall–Kier alpha value is -0.730. The number of hydrogen-bond acceptors (Lipinski definition) is 2. The lowest BCUT2D eigenvalue weighted by Gasteiger charge is -2.28. The smallest absolute Gasteiger partial charge is 0.0406 e. The molecule has 0 atom stereocenters. The molecule has 3 heteroatoms. The van der Waals surface area contributed by atoms with Gasteiger partial charge < -0.3 is 0 Å². The first-order valence-corrected chi connectivity index (χ1v) is 9.13. The van der Waals surface area contributed by atoms with E-state index in [4.69, 9.17) is 16.6 Å². The highest BCUT2D eigenvalue weighted by molar-refractivity contribution is 8.03. The van der Waals surface area contributed by atoms with Crippen LogP contribution in [0.25, 0.3) is 0 Å². The molecule has 0 spiro atoms. The van der Waals surface area contributed by atoms with Crippen LogP contribution < -0.4 is 0 Å². The van der Waals surface area contributed by atoms with Crippen molar-refractivity contribution in [3.05, 3.63) is 40.4 Å². The zero-order chi connectivity index (χ0) is 14.7.